The molecule has 1 heterocycles. The van der Waals surface area contributed by atoms with Gasteiger partial charge in [-0.3, -0.25) is 4.31 Å². The average Bonchev–Trinajstić information content (AvgIpc) is 2.69. The van der Waals surface area contributed by atoms with Crippen molar-refractivity contribution in [2.75, 3.05) is 23.7 Å². The lowest BCUT2D eigenvalue weighted by Crippen LogP contribution is -2.34. The molecule has 5 heteroatoms. The number of nitrogens with one attached hydrogen (secondary N) is 1. The summed E-state index contributed by atoms with van der Waals surface area (Å²) in [6, 6.07) is 6.18. The Kier molecular flexibility index (Phi) is 4.94. The van der Waals surface area contributed by atoms with E-state index in [4.69, 9.17) is 0 Å². The molecule has 0 bridgehead atoms. The zero-order valence-corrected chi connectivity index (χ0v) is 14.2. The van der Waals surface area contributed by atoms with E-state index in [-0.39, 0.29) is 6.04 Å². The quantitative estimate of drug-likeness (QED) is 0.819. The number of sulfonamides is 1. The minimum atomic E-state index is -3.19. The van der Waals surface area contributed by atoms with Gasteiger partial charge in [0.2, 0.25) is 10.0 Å². The molecule has 0 aromatic heterocycles. The molecule has 0 amide bonds. The standard InChI is InChI=1S/C16H26N2O2S/c1-12(2)11-17-8-7-14-5-6-16-15(10-14)9-13(3)18(16)21(4,19)20/h5-6,10,12-13,17H,7-9,11H2,1-4H3. The van der Waals surface area contributed by atoms with Crippen LogP contribution in [0.3, 0.4) is 0 Å². The Bertz CT molecular complexity index is 596. The maximum Gasteiger partial charge on any atom is 0.232 e. The molecule has 1 unspecified atom stereocenters. The molecule has 0 saturated carbocycles. The Hall–Kier alpha value is -1.07. The van der Waals surface area contributed by atoms with Crippen molar-refractivity contribution in [2.24, 2.45) is 5.92 Å². The van der Waals surface area contributed by atoms with Gasteiger partial charge in [-0.15, -0.1) is 0 Å². The first-order valence-electron chi connectivity index (χ1n) is 7.61. The van der Waals surface area contributed by atoms with E-state index in [9.17, 15) is 8.42 Å². The van der Waals surface area contributed by atoms with Gasteiger partial charge in [0.25, 0.3) is 0 Å². The van der Waals surface area contributed by atoms with E-state index >= 15 is 0 Å². The summed E-state index contributed by atoms with van der Waals surface area (Å²) >= 11 is 0. The highest BCUT2D eigenvalue weighted by Crippen LogP contribution is 2.34. The summed E-state index contributed by atoms with van der Waals surface area (Å²) in [6.07, 6.45) is 3.06. The van der Waals surface area contributed by atoms with Crippen molar-refractivity contribution in [1.29, 1.82) is 0 Å². The van der Waals surface area contributed by atoms with Crippen molar-refractivity contribution in [3.8, 4) is 0 Å². The first-order chi connectivity index (χ1) is 9.79. The number of hydrogen-bond donors (Lipinski definition) is 1. The first-order valence-corrected chi connectivity index (χ1v) is 9.46. The lowest BCUT2D eigenvalue weighted by Gasteiger charge is -2.22. The Morgan fingerprint density at radius 2 is 2.10 bits per heavy atom. The number of rotatable bonds is 6. The average molecular weight is 310 g/mol. The fourth-order valence-electron chi connectivity index (χ4n) is 2.94. The molecule has 1 aliphatic rings. The molecule has 1 aliphatic heterocycles. The topological polar surface area (TPSA) is 49.4 Å². The van der Waals surface area contributed by atoms with Gasteiger partial charge < -0.3 is 5.32 Å². The van der Waals surface area contributed by atoms with Crippen LogP contribution in [0, 0.1) is 5.92 Å². The van der Waals surface area contributed by atoms with E-state index in [0.29, 0.717) is 5.92 Å². The third-order valence-corrected chi connectivity index (χ3v) is 5.07. The highest BCUT2D eigenvalue weighted by molar-refractivity contribution is 7.92. The van der Waals surface area contributed by atoms with E-state index in [1.54, 1.807) is 4.31 Å². The summed E-state index contributed by atoms with van der Waals surface area (Å²) in [5.41, 5.74) is 3.27. The van der Waals surface area contributed by atoms with Gasteiger partial charge in [0.15, 0.2) is 0 Å². The normalized spacial score (nSPS) is 18.3. The number of nitrogens with zero attached hydrogens (tertiary/aromatic N) is 1. The highest BCUT2D eigenvalue weighted by Gasteiger charge is 2.32. The maximum absolute atomic E-state index is 11.9. The molecule has 0 saturated heterocycles. The van der Waals surface area contributed by atoms with Gasteiger partial charge in [0.1, 0.15) is 0 Å². The van der Waals surface area contributed by atoms with Crippen LogP contribution in [0.15, 0.2) is 18.2 Å². The smallest absolute Gasteiger partial charge is 0.232 e. The van der Waals surface area contributed by atoms with Crippen molar-refractivity contribution in [1.82, 2.24) is 5.32 Å². The van der Waals surface area contributed by atoms with Gasteiger partial charge in [-0.05, 0) is 56.0 Å². The minimum absolute atomic E-state index is 0.0179. The summed E-state index contributed by atoms with van der Waals surface area (Å²) in [6.45, 7) is 8.35. The molecule has 2 rings (SSSR count). The predicted molar refractivity (Wildman–Crippen MR) is 88.3 cm³/mol. The fraction of sp³-hybridized carbons (Fsp3) is 0.625. The van der Waals surface area contributed by atoms with E-state index in [2.05, 4.69) is 25.2 Å². The molecule has 0 spiro atoms. The summed E-state index contributed by atoms with van der Waals surface area (Å²) in [5.74, 6) is 0.661. The molecular weight excluding hydrogens is 284 g/mol. The zero-order valence-electron chi connectivity index (χ0n) is 13.4. The van der Waals surface area contributed by atoms with Crippen LogP contribution >= 0.6 is 0 Å². The second-order valence-electron chi connectivity index (χ2n) is 6.42. The van der Waals surface area contributed by atoms with Crippen molar-refractivity contribution in [2.45, 2.75) is 39.7 Å². The van der Waals surface area contributed by atoms with Crippen molar-refractivity contribution in [3.05, 3.63) is 29.3 Å². The maximum atomic E-state index is 11.9. The van der Waals surface area contributed by atoms with Crippen LogP contribution in [0.1, 0.15) is 31.9 Å². The van der Waals surface area contributed by atoms with Gasteiger partial charge in [0, 0.05) is 6.04 Å². The minimum Gasteiger partial charge on any atom is -0.316 e. The Morgan fingerprint density at radius 1 is 1.38 bits per heavy atom. The molecule has 0 fully saturated rings. The van der Waals surface area contributed by atoms with Crippen LogP contribution in [0.2, 0.25) is 0 Å². The summed E-state index contributed by atoms with van der Waals surface area (Å²) in [4.78, 5) is 0. The van der Waals surface area contributed by atoms with Crippen LogP contribution in [0.5, 0.6) is 0 Å². The summed E-state index contributed by atoms with van der Waals surface area (Å²) < 4.78 is 25.3. The van der Waals surface area contributed by atoms with Gasteiger partial charge in [-0.25, -0.2) is 8.42 Å². The molecule has 0 aliphatic carbocycles. The molecule has 1 aromatic carbocycles. The second kappa shape index (κ2) is 6.36. The van der Waals surface area contributed by atoms with Crippen molar-refractivity contribution >= 4 is 15.7 Å². The lowest BCUT2D eigenvalue weighted by atomic mass is 10.0. The molecule has 0 radical (unpaired) electrons. The first kappa shape index (κ1) is 16.3. The number of hydrogen-bond acceptors (Lipinski definition) is 3. The molecule has 1 N–H and O–H groups in total. The predicted octanol–water partition coefficient (Wildman–Crippen LogP) is 2.19. The summed E-state index contributed by atoms with van der Waals surface area (Å²) in [5, 5.41) is 3.44. The SMILES string of the molecule is CC(C)CNCCc1ccc2c(c1)CC(C)N2S(C)(=O)=O. The van der Waals surface area contributed by atoms with E-state index < -0.39 is 10.0 Å². The van der Waals surface area contributed by atoms with Gasteiger partial charge >= 0.3 is 0 Å². The van der Waals surface area contributed by atoms with Crippen LogP contribution < -0.4 is 9.62 Å². The Labute approximate surface area is 128 Å². The molecule has 118 valence electrons. The highest BCUT2D eigenvalue weighted by atomic mass is 32.2. The zero-order chi connectivity index (χ0) is 15.6. The van der Waals surface area contributed by atoms with Crippen LogP contribution in [0.4, 0.5) is 5.69 Å². The fourth-order valence-corrected chi connectivity index (χ4v) is 4.20. The van der Waals surface area contributed by atoms with Crippen LogP contribution in [-0.4, -0.2) is 33.8 Å². The molecular formula is C16H26N2O2S. The van der Waals surface area contributed by atoms with Crippen LogP contribution in [-0.2, 0) is 22.9 Å². The third-order valence-electron chi connectivity index (χ3n) is 3.80. The molecule has 1 atom stereocenters. The number of fused-ring (bicyclic) bond motifs is 1. The monoisotopic (exact) mass is 310 g/mol. The van der Waals surface area contributed by atoms with E-state index in [0.717, 1.165) is 37.2 Å². The Balaban J connectivity index is 2.06. The number of anilines is 1. The van der Waals surface area contributed by atoms with Crippen molar-refractivity contribution < 1.29 is 8.42 Å². The van der Waals surface area contributed by atoms with Gasteiger partial charge in [0.05, 0.1) is 11.9 Å². The number of benzene rings is 1. The van der Waals surface area contributed by atoms with Gasteiger partial charge in [-0.2, -0.15) is 0 Å². The van der Waals surface area contributed by atoms with Crippen molar-refractivity contribution in [3.63, 3.8) is 0 Å². The van der Waals surface area contributed by atoms with Crippen LogP contribution in [0.25, 0.3) is 0 Å². The lowest BCUT2D eigenvalue weighted by molar-refractivity contribution is 0.554. The Morgan fingerprint density at radius 3 is 2.71 bits per heavy atom. The molecule has 21 heavy (non-hydrogen) atoms. The van der Waals surface area contributed by atoms with E-state index in [1.807, 2.05) is 19.1 Å². The summed E-state index contributed by atoms with van der Waals surface area (Å²) in [7, 11) is -3.19. The largest absolute Gasteiger partial charge is 0.316 e. The van der Waals surface area contributed by atoms with Gasteiger partial charge in [-0.1, -0.05) is 26.0 Å². The third kappa shape index (κ3) is 3.98. The molecule has 1 aromatic rings. The molecule has 4 nitrogen and oxygen atoms in total. The second-order valence-corrected chi connectivity index (χ2v) is 8.28. The van der Waals surface area contributed by atoms with E-state index in [1.165, 1.54) is 11.8 Å².